The molecule has 2 heterocycles. The number of nitrogens with zero attached hydrogens (tertiary/aromatic N) is 4. The van der Waals surface area contributed by atoms with E-state index in [9.17, 15) is 9.36 Å². The van der Waals surface area contributed by atoms with Crippen molar-refractivity contribution in [1.82, 2.24) is 24.6 Å². The van der Waals surface area contributed by atoms with E-state index in [0.29, 0.717) is 29.3 Å². The first-order valence-electron chi connectivity index (χ1n) is 10.5. The Kier molecular flexibility index (Phi) is 8.01. The molecule has 3 aromatic rings. The van der Waals surface area contributed by atoms with Gasteiger partial charge in [-0.25, -0.2) is 20.0 Å². The van der Waals surface area contributed by atoms with E-state index in [-0.39, 0.29) is 18.6 Å². The molecule has 0 saturated heterocycles. The molecular formula is C21H29N6O5P. The Balaban J connectivity index is 1.70. The second-order valence-electron chi connectivity index (χ2n) is 7.85. The molecule has 3 rings (SSSR count). The second kappa shape index (κ2) is 10.7. The van der Waals surface area contributed by atoms with Crippen LogP contribution in [0.15, 0.2) is 43.0 Å². The van der Waals surface area contributed by atoms with Gasteiger partial charge in [0.1, 0.15) is 30.0 Å². The van der Waals surface area contributed by atoms with Crippen LogP contribution in [0.25, 0.3) is 11.2 Å². The first kappa shape index (κ1) is 24.6. The third kappa shape index (κ3) is 6.74. The van der Waals surface area contributed by atoms with Gasteiger partial charge in [0.25, 0.3) is 0 Å². The lowest BCUT2D eigenvalue weighted by Gasteiger charge is -2.25. The van der Waals surface area contributed by atoms with E-state index in [1.54, 1.807) is 55.9 Å². The maximum absolute atomic E-state index is 13.6. The number of ether oxygens (including phenoxy) is 2. The number of rotatable bonds is 11. The molecule has 0 aliphatic rings. The highest BCUT2D eigenvalue weighted by atomic mass is 31.2. The standard InChI is InChI=1S/C21H29N6O5P/c1-14(2)31-21(28)16(4)26-33(29,32-17-8-6-5-7-9-17)13-30-15(3)10-27-12-25-18-19(22)23-11-24-20(18)27/h5-9,11-12,14-16H,10,13H2,1-4H3,(H,26,29)(H2,22,23,24)/t15-,16+,33-/m0/s1. The van der Waals surface area contributed by atoms with Crippen LogP contribution in [0.4, 0.5) is 5.82 Å². The molecule has 0 unspecified atom stereocenters. The summed E-state index contributed by atoms with van der Waals surface area (Å²) in [5.74, 6) is 0.151. The average molecular weight is 476 g/mol. The lowest BCUT2D eigenvalue weighted by molar-refractivity contribution is -0.149. The van der Waals surface area contributed by atoms with Crippen LogP contribution in [0.2, 0.25) is 0 Å². The van der Waals surface area contributed by atoms with Gasteiger partial charge < -0.3 is 24.3 Å². The molecule has 0 bridgehead atoms. The Labute approximate surface area is 192 Å². The molecule has 0 fully saturated rings. The number of fused-ring (bicyclic) bond motifs is 1. The maximum Gasteiger partial charge on any atom is 0.342 e. The van der Waals surface area contributed by atoms with Gasteiger partial charge in [-0.2, -0.15) is 0 Å². The number of para-hydroxylation sites is 1. The molecule has 1 aromatic carbocycles. The van der Waals surface area contributed by atoms with Crippen LogP contribution in [-0.4, -0.2) is 50.1 Å². The molecule has 0 amide bonds. The van der Waals surface area contributed by atoms with E-state index in [0.717, 1.165) is 0 Å². The minimum absolute atomic E-state index is 0.272. The highest BCUT2D eigenvalue weighted by Crippen LogP contribution is 2.44. The molecule has 0 radical (unpaired) electrons. The van der Waals surface area contributed by atoms with Crippen molar-refractivity contribution < 1.29 is 23.4 Å². The molecule has 2 aromatic heterocycles. The highest BCUT2D eigenvalue weighted by molar-refractivity contribution is 7.57. The van der Waals surface area contributed by atoms with Gasteiger partial charge in [0.05, 0.1) is 25.1 Å². The summed E-state index contributed by atoms with van der Waals surface area (Å²) in [6.07, 6.45) is 2.01. The van der Waals surface area contributed by atoms with Gasteiger partial charge in [0, 0.05) is 0 Å². The monoisotopic (exact) mass is 476 g/mol. The van der Waals surface area contributed by atoms with Crippen LogP contribution in [0.3, 0.4) is 0 Å². The molecule has 33 heavy (non-hydrogen) atoms. The number of nitrogens with two attached hydrogens (primary N) is 1. The number of carbonyl (C=O) groups is 1. The molecule has 3 atom stereocenters. The fourth-order valence-corrected chi connectivity index (χ4v) is 4.80. The minimum atomic E-state index is -3.64. The summed E-state index contributed by atoms with van der Waals surface area (Å²) >= 11 is 0. The van der Waals surface area contributed by atoms with Crippen LogP contribution >= 0.6 is 7.52 Å². The zero-order valence-corrected chi connectivity index (χ0v) is 19.9. The van der Waals surface area contributed by atoms with Gasteiger partial charge in [0.2, 0.25) is 0 Å². The summed E-state index contributed by atoms with van der Waals surface area (Å²) in [5.41, 5.74) is 6.91. The summed E-state index contributed by atoms with van der Waals surface area (Å²) < 4.78 is 32.2. The first-order valence-corrected chi connectivity index (χ1v) is 12.3. The van der Waals surface area contributed by atoms with Crippen LogP contribution < -0.4 is 15.3 Å². The number of nitrogens with one attached hydrogen (secondary N) is 1. The van der Waals surface area contributed by atoms with Crippen molar-refractivity contribution in [3.63, 3.8) is 0 Å². The Morgan fingerprint density at radius 3 is 2.58 bits per heavy atom. The largest absolute Gasteiger partial charge is 0.462 e. The number of carbonyl (C=O) groups excluding carboxylic acids is 1. The van der Waals surface area contributed by atoms with Gasteiger partial charge in [-0.3, -0.25) is 9.36 Å². The molecule has 0 aliphatic heterocycles. The molecule has 0 saturated carbocycles. The third-order valence-corrected chi connectivity index (χ3v) is 6.28. The molecule has 0 aliphatic carbocycles. The zero-order valence-electron chi connectivity index (χ0n) is 19.0. The molecule has 11 nitrogen and oxygen atoms in total. The van der Waals surface area contributed by atoms with Crippen LogP contribution in [0.5, 0.6) is 5.75 Å². The SMILES string of the molecule is CC(C)OC(=O)[C@@H](C)N[P@](=O)(CO[C@@H](C)Cn1cnc2c(N)ncnc21)Oc1ccccc1. The van der Waals surface area contributed by atoms with Crippen molar-refractivity contribution >= 4 is 30.5 Å². The van der Waals surface area contributed by atoms with Crippen molar-refractivity contribution in [2.45, 2.75) is 52.5 Å². The number of benzene rings is 1. The fourth-order valence-electron chi connectivity index (χ4n) is 3.01. The number of hydrogen-bond donors (Lipinski definition) is 2. The van der Waals surface area contributed by atoms with Gasteiger partial charge in [-0.15, -0.1) is 0 Å². The topological polar surface area (TPSA) is 143 Å². The summed E-state index contributed by atoms with van der Waals surface area (Å²) in [7, 11) is -3.64. The molecular weight excluding hydrogens is 447 g/mol. The van der Waals surface area contributed by atoms with Crippen molar-refractivity contribution in [1.29, 1.82) is 0 Å². The second-order valence-corrected chi connectivity index (χ2v) is 9.89. The third-order valence-electron chi connectivity index (χ3n) is 4.50. The van der Waals surface area contributed by atoms with E-state index in [2.05, 4.69) is 20.0 Å². The summed E-state index contributed by atoms with van der Waals surface area (Å²) in [6, 6.07) is 7.83. The molecule has 178 valence electrons. The number of hydrogen-bond acceptors (Lipinski definition) is 9. The van der Waals surface area contributed by atoms with Crippen molar-refractivity contribution in [2.75, 3.05) is 12.1 Å². The van der Waals surface area contributed by atoms with Gasteiger partial charge >= 0.3 is 13.5 Å². The number of nitrogen functional groups attached to an aromatic ring is 1. The van der Waals surface area contributed by atoms with Gasteiger partial charge in [0.15, 0.2) is 11.5 Å². The van der Waals surface area contributed by atoms with E-state index in [4.69, 9.17) is 19.7 Å². The Hall–Kier alpha value is -3.01. The number of anilines is 1. The summed E-state index contributed by atoms with van der Waals surface area (Å²) in [4.78, 5) is 24.6. The molecule has 0 spiro atoms. The van der Waals surface area contributed by atoms with E-state index in [1.165, 1.54) is 6.33 Å². The normalized spacial score (nSPS) is 15.2. The number of esters is 1. The van der Waals surface area contributed by atoms with Crippen molar-refractivity contribution in [2.24, 2.45) is 0 Å². The fraction of sp³-hybridized carbons (Fsp3) is 0.429. The number of imidazole rings is 1. The smallest absolute Gasteiger partial charge is 0.342 e. The Morgan fingerprint density at radius 2 is 1.88 bits per heavy atom. The average Bonchev–Trinajstić information content (AvgIpc) is 3.16. The Morgan fingerprint density at radius 1 is 1.15 bits per heavy atom. The van der Waals surface area contributed by atoms with Gasteiger partial charge in [-0.05, 0) is 39.8 Å². The van der Waals surface area contributed by atoms with E-state index >= 15 is 0 Å². The Bertz CT molecular complexity index is 1120. The number of aromatic nitrogens is 4. The quantitative estimate of drug-likeness (QED) is 0.313. The van der Waals surface area contributed by atoms with E-state index < -0.39 is 19.5 Å². The maximum atomic E-state index is 13.6. The van der Waals surface area contributed by atoms with Crippen LogP contribution in [-0.2, 0) is 25.4 Å². The van der Waals surface area contributed by atoms with Crippen LogP contribution in [0.1, 0.15) is 27.7 Å². The lowest BCUT2D eigenvalue weighted by Crippen LogP contribution is -2.37. The van der Waals surface area contributed by atoms with Crippen molar-refractivity contribution in [3.8, 4) is 5.75 Å². The van der Waals surface area contributed by atoms with E-state index in [1.807, 2.05) is 13.0 Å². The van der Waals surface area contributed by atoms with Crippen molar-refractivity contribution in [3.05, 3.63) is 43.0 Å². The summed E-state index contributed by atoms with van der Waals surface area (Å²) in [6.45, 7) is 7.25. The predicted octanol–water partition coefficient (Wildman–Crippen LogP) is 2.97. The molecule has 12 heteroatoms. The first-order chi connectivity index (χ1) is 15.7. The van der Waals surface area contributed by atoms with Crippen LogP contribution in [0, 0.1) is 0 Å². The lowest BCUT2D eigenvalue weighted by atomic mass is 10.3. The van der Waals surface area contributed by atoms with Gasteiger partial charge in [-0.1, -0.05) is 18.2 Å². The zero-order chi connectivity index (χ0) is 24.0. The minimum Gasteiger partial charge on any atom is -0.462 e. The molecule has 3 N–H and O–H groups in total. The predicted molar refractivity (Wildman–Crippen MR) is 124 cm³/mol. The highest BCUT2D eigenvalue weighted by Gasteiger charge is 2.32. The summed E-state index contributed by atoms with van der Waals surface area (Å²) in [5, 5.41) is 2.78.